The minimum Gasteiger partial charge on any atom is -0.478 e. The third-order valence-corrected chi connectivity index (χ3v) is 2.70. The van der Waals surface area contributed by atoms with Gasteiger partial charge in [-0.1, -0.05) is 25.8 Å². The second-order valence-electron chi connectivity index (χ2n) is 3.72. The highest BCUT2D eigenvalue weighted by Crippen LogP contribution is 2.33. The molecule has 2 nitrogen and oxygen atoms in total. The van der Waals surface area contributed by atoms with Gasteiger partial charge in [-0.3, -0.25) is 0 Å². The van der Waals surface area contributed by atoms with E-state index in [0.717, 1.165) is 18.4 Å². The Labute approximate surface area is 73.3 Å². The quantitative estimate of drug-likeness (QED) is 0.610. The molecular weight excluding hydrogens is 152 g/mol. The van der Waals surface area contributed by atoms with Crippen molar-refractivity contribution in [1.29, 1.82) is 0 Å². The summed E-state index contributed by atoms with van der Waals surface area (Å²) in [6.45, 7) is 4.23. The molecule has 0 aromatic carbocycles. The molecule has 0 spiro atoms. The van der Waals surface area contributed by atoms with Crippen LogP contribution in [0.4, 0.5) is 0 Å². The summed E-state index contributed by atoms with van der Waals surface area (Å²) in [5, 5.41) is 8.62. The van der Waals surface area contributed by atoms with Crippen LogP contribution in [-0.4, -0.2) is 11.1 Å². The van der Waals surface area contributed by atoms with Crippen molar-refractivity contribution in [2.45, 2.75) is 33.1 Å². The maximum atomic E-state index is 10.5. The van der Waals surface area contributed by atoms with E-state index in [2.05, 4.69) is 13.8 Å². The maximum Gasteiger partial charge on any atom is 0.328 e. The largest absolute Gasteiger partial charge is 0.478 e. The Hall–Kier alpha value is -0.790. The number of carboxylic acid groups (broad SMARTS) is 1. The van der Waals surface area contributed by atoms with E-state index in [1.54, 1.807) is 0 Å². The van der Waals surface area contributed by atoms with Crippen molar-refractivity contribution in [1.82, 2.24) is 0 Å². The lowest BCUT2D eigenvalue weighted by Gasteiger charge is -2.27. The molecule has 0 radical (unpaired) electrons. The van der Waals surface area contributed by atoms with Gasteiger partial charge in [0.2, 0.25) is 0 Å². The van der Waals surface area contributed by atoms with Gasteiger partial charge in [-0.25, -0.2) is 4.79 Å². The fourth-order valence-electron chi connectivity index (χ4n) is 1.98. The summed E-state index contributed by atoms with van der Waals surface area (Å²) < 4.78 is 0. The SMILES string of the molecule is C[C@@H]1CCC[C@H](C)C1=CC(=O)O. The van der Waals surface area contributed by atoms with Crippen LogP contribution in [0, 0.1) is 11.8 Å². The molecule has 1 aliphatic carbocycles. The average molecular weight is 168 g/mol. The first-order chi connectivity index (χ1) is 5.61. The van der Waals surface area contributed by atoms with Gasteiger partial charge in [-0.15, -0.1) is 0 Å². The lowest BCUT2D eigenvalue weighted by atomic mass is 9.78. The molecule has 0 bridgehead atoms. The Kier molecular flexibility index (Phi) is 2.90. The van der Waals surface area contributed by atoms with Crippen LogP contribution in [0.2, 0.25) is 0 Å². The summed E-state index contributed by atoms with van der Waals surface area (Å²) in [5.74, 6) is 0.125. The molecule has 0 saturated heterocycles. The second kappa shape index (κ2) is 3.74. The van der Waals surface area contributed by atoms with E-state index in [0.29, 0.717) is 11.8 Å². The Balaban J connectivity index is 2.75. The standard InChI is InChI=1S/C10H16O2/c1-7-4-3-5-8(2)9(7)6-10(11)12/h6-8H,3-5H2,1-2H3,(H,11,12)/t7-,8+. The lowest BCUT2D eigenvalue weighted by molar-refractivity contribution is -0.131. The minimum atomic E-state index is -0.800. The Bertz CT molecular complexity index is 194. The van der Waals surface area contributed by atoms with Gasteiger partial charge in [0.1, 0.15) is 0 Å². The van der Waals surface area contributed by atoms with Crippen molar-refractivity contribution in [3.63, 3.8) is 0 Å². The molecule has 1 fully saturated rings. The fraction of sp³-hybridized carbons (Fsp3) is 0.700. The number of allylic oxidation sites excluding steroid dienone is 1. The topological polar surface area (TPSA) is 37.3 Å². The number of aliphatic carboxylic acids is 1. The Morgan fingerprint density at radius 3 is 2.33 bits per heavy atom. The molecule has 1 rings (SSSR count). The molecule has 1 N–H and O–H groups in total. The van der Waals surface area contributed by atoms with Gasteiger partial charge < -0.3 is 5.11 Å². The van der Waals surface area contributed by atoms with Gasteiger partial charge in [0, 0.05) is 6.08 Å². The van der Waals surface area contributed by atoms with Crippen LogP contribution in [0.25, 0.3) is 0 Å². The van der Waals surface area contributed by atoms with Gasteiger partial charge in [-0.2, -0.15) is 0 Å². The first-order valence-electron chi connectivity index (χ1n) is 4.55. The van der Waals surface area contributed by atoms with E-state index in [-0.39, 0.29) is 0 Å². The highest BCUT2D eigenvalue weighted by atomic mass is 16.4. The molecule has 0 amide bonds. The summed E-state index contributed by atoms with van der Waals surface area (Å²) >= 11 is 0. The lowest BCUT2D eigenvalue weighted by Crippen LogP contribution is -2.16. The van der Waals surface area contributed by atoms with Crippen LogP contribution in [0.15, 0.2) is 11.6 Å². The first-order valence-corrected chi connectivity index (χ1v) is 4.55. The normalized spacial score (nSPS) is 33.7. The zero-order valence-corrected chi connectivity index (χ0v) is 7.71. The highest BCUT2D eigenvalue weighted by Gasteiger charge is 2.21. The molecule has 0 unspecified atom stereocenters. The third kappa shape index (κ3) is 2.10. The van der Waals surface area contributed by atoms with Gasteiger partial charge in [0.05, 0.1) is 0 Å². The van der Waals surface area contributed by atoms with Gasteiger partial charge in [0.25, 0.3) is 0 Å². The molecule has 1 aliphatic rings. The Morgan fingerprint density at radius 1 is 1.42 bits per heavy atom. The summed E-state index contributed by atoms with van der Waals surface area (Å²) in [6, 6.07) is 0. The number of hydrogen-bond donors (Lipinski definition) is 1. The zero-order chi connectivity index (χ0) is 9.14. The van der Waals surface area contributed by atoms with Crippen LogP contribution < -0.4 is 0 Å². The van der Waals surface area contributed by atoms with E-state index in [9.17, 15) is 4.79 Å². The van der Waals surface area contributed by atoms with Crippen molar-refractivity contribution in [2.24, 2.45) is 11.8 Å². The van der Waals surface area contributed by atoms with Crippen molar-refractivity contribution < 1.29 is 9.90 Å². The summed E-state index contributed by atoms with van der Waals surface area (Å²) in [4.78, 5) is 10.5. The second-order valence-corrected chi connectivity index (χ2v) is 3.72. The fourth-order valence-corrected chi connectivity index (χ4v) is 1.98. The first kappa shape index (κ1) is 9.30. The smallest absolute Gasteiger partial charge is 0.328 e. The summed E-state index contributed by atoms with van der Waals surface area (Å²) in [7, 11) is 0. The number of rotatable bonds is 1. The molecule has 0 aromatic heterocycles. The van der Waals surface area contributed by atoms with Crippen LogP contribution >= 0.6 is 0 Å². The number of hydrogen-bond acceptors (Lipinski definition) is 1. The predicted octanol–water partition coefficient (Wildman–Crippen LogP) is 2.45. The molecule has 1 saturated carbocycles. The van der Waals surface area contributed by atoms with E-state index in [1.807, 2.05) is 0 Å². The number of carboxylic acids is 1. The van der Waals surface area contributed by atoms with E-state index in [1.165, 1.54) is 12.5 Å². The van der Waals surface area contributed by atoms with Crippen molar-refractivity contribution in [3.05, 3.63) is 11.6 Å². The van der Waals surface area contributed by atoms with Gasteiger partial charge in [0.15, 0.2) is 0 Å². The van der Waals surface area contributed by atoms with Crippen LogP contribution in [-0.2, 0) is 4.79 Å². The predicted molar refractivity (Wildman–Crippen MR) is 47.9 cm³/mol. The van der Waals surface area contributed by atoms with E-state index in [4.69, 9.17) is 5.11 Å². The monoisotopic (exact) mass is 168 g/mol. The van der Waals surface area contributed by atoms with Gasteiger partial charge >= 0.3 is 5.97 Å². The highest BCUT2D eigenvalue weighted by molar-refractivity contribution is 5.80. The summed E-state index contributed by atoms with van der Waals surface area (Å²) in [6.07, 6.45) is 4.92. The van der Waals surface area contributed by atoms with Crippen LogP contribution in [0.1, 0.15) is 33.1 Å². The van der Waals surface area contributed by atoms with Crippen molar-refractivity contribution in [3.8, 4) is 0 Å². The van der Waals surface area contributed by atoms with E-state index < -0.39 is 5.97 Å². The average Bonchev–Trinajstić information content (AvgIpc) is 1.97. The Morgan fingerprint density at radius 2 is 1.92 bits per heavy atom. The van der Waals surface area contributed by atoms with Gasteiger partial charge in [-0.05, 0) is 24.7 Å². The molecule has 0 aliphatic heterocycles. The molecule has 2 heteroatoms. The summed E-state index contributed by atoms with van der Waals surface area (Å²) in [5.41, 5.74) is 1.12. The molecular formula is C10H16O2. The van der Waals surface area contributed by atoms with E-state index >= 15 is 0 Å². The molecule has 12 heavy (non-hydrogen) atoms. The number of carbonyl (C=O) groups is 1. The minimum absolute atomic E-state index is 0.463. The zero-order valence-electron chi connectivity index (χ0n) is 7.71. The van der Waals surface area contributed by atoms with Crippen molar-refractivity contribution >= 4 is 5.97 Å². The van der Waals surface area contributed by atoms with Crippen LogP contribution in [0.3, 0.4) is 0 Å². The molecule has 0 aromatic rings. The molecule has 68 valence electrons. The molecule has 2 atom stereocenters. The van der Waals surface area contributed by atoms with Crippen LogP contribution in [0.5, 0.6) is 0 Å². The molecule has 0 heterocycles. The third-order valence-electron chi connectivity index (χ3n) is 2.70. The van der Waals surface area contributed by atoms with Crippen molar-refractivity contribution in [2.75, 3.05) is 0 Å². The maximum absolute atomic E-state index is 10.5.